The average Bonchev–Trinajstić information content (AvgIpc) is 2.38. The van der Waals surface area contributed by atoms with Crippen LogP contribution in [-0.2, 0) is 21.1 Å². The van der Waals surface area contributed by atoms with E-state index in [1.54, 1.807) is 6.07 Å². The summed E-state index contributed by atoms with van der Waals surface area (Å²) < 4.78 is 22.9. The molecule has 0 atom stereocenters. The van der Waals surface area contributed by atoms with E-state index in [2.05, 4.69) is 15.3 Å². The van der Waals surface area contributed by atoms with Gasteiger partial charge in [0.1, 0.15) is 0 Å². The number of carbonyl (C=O) groups is 1. The first-order valence-electron chi connectivity index (χ1n) is 5.90. The molecule has 0 saturated heterocycles. The molecule has 0 bridgehead atoms. The fourth-order valence-corrected chi connectivity index (χ4v) is 3.04. The maximum atomic E-state index is 11.8. The lowest BCUT2D eigenvalue weighted by molar-refractivity contribution is -0.115. The Labute approximate surface area is 127 Å². The summed E-state index contributed by atoms with van der Waals surface area (Å²) in [5.41, 5.74) is 0.605. The quantitative estimate of drug-likeness (QED) is 0.924. The number of nitrogens with one attached hydrogen (secondary N) is 1. The van der Waals surface area contributed by atoms with Crippen molar-refractivity contribution in [1.82, 2.24) is 9.97 Å². The predicted octanol–water partition coefficient (Wildman–Crippen LogP) is 1.71. The molecule has 2 rings (SSSR count). The highest BCUT2D eigenvalue weighted by Crippen LogP contribution is 2.22. The van der Waals surface area contributed by atoms with Gasteiger partial charge in [0, 0.05) is 18.6 Å². The van der Waals surface area contributed by atoms with Gasteiger partial charge in [-0.3, -0.25) is 9.78 Å². The number of halogens is 1. The molecule has 0 aliphatic rings. The Morgan fingerprint density at radius 1 is 1.33 bits per heavy atom. The van der Waals surface area contributed by atoms with Crippen molar-refractivity contribution in [3.05, 3.63) is 47.4 Å². The van der Waals surface area contributed by atoms with Gasteiger partial charge in [0.2, 0.25) is 5.91 Å². The Morgan fingerprint density at radius 2 is 2.10 bits per heavy atom. The molecule has 1 heterocycles. The first kappa shape index (κ1) is 15.4. The van der Waals surface area contributed by atoms with Crippen LogP contribution >= 0.6 is 11.6 Å². The summed E-state index contributed by atoms with van der Waals surface area (Å²) in [4.78, 5) is 19.6. The van der Waals surface area contributed by atoms with Crippen molar-refractivity contribution >= 4 is 33.2 Å². The van der Waals surface area contributed by atoms with Gasteiger partial charge in [0.15, 0.2) is 15.7 Å². The highest BCUT2D eigenvalue weighted by Gasteiger charge is 2.13. The number of amides is 1. The highest BCUT2D eigenvalue weighted by molar-refractivity contribution is 7.90. The summed E-state index contributed by atoms with van der Waals surface area (Å²) in [7, 11) is -3.38. The maximum absolute atomic E-state index is 11.8. The van der Waals surface area contributed by atoms with E-state index in [1.807, 2.05) is 0 Å². The van der Waals surface area contributed by atoms with Gasteiger partial charge in [-0.1, -0.05) is 17.7 Å². The van der Waals surface area contributed by atoms with Crippen LogP contribution in [0.1, 0.15) is 5.56 Å². The molecule has 1 aromatic heterocycles. The van der Waals surface area contributed by atoms with Crippen LogP contribution in [0.25, 0.3) is 0 Å². The van der Waals surface area contributed by atoms with E-state index in [4.69, 9.17) is 11.6 Å². The smallest absolute Gasteiger partial charge is 0.229 e. The summed E-state index contributed by atoms with van der Waals surface area (Å²) in [5.74, 6) is 0.0556. The molecular formula is C13H12ClN3O3S. The molecule has 8 heteroatoms. The number of benzene rings is 1. The summed E-state index contributed by atoms with van der Waals surface area (Å²) in [6.07, 6.45) is 5.53. The third-order valence-corrected chi connectivity index (χ3v) is 4.17. The molecule has 1 amide bonds. The SMILES string of the molecule is CS(=O)(=O)c1ccc(CC(=O)Nc2cnccn2)cc1Cl. The van der Waals surface area contributed by atoms with E-state index in [9.17, 15) is 13.2 Å². The molecule has 1 N–H and O–H groups in total. The normalized spacial score (nSPS) is 11.1. The van der Waals surface area contributed by atoms with Crippen molar-refractivity contribution in [1.29, 1.82) is 0 Å². The van der Waals surface area contributed by atoms with Gasteiger partial charge in [-0.25, -0.2) is 13.4 Å². The predicted molar refractivity (Wildman–Crippen MR) is 78.9 cm³/mol. The Bertz CT molecular complexity index is 763. The van der Waals surface area contributed by atoms with E-state index in [1.165, 1.54) is 30.7 Å². The molecule has 0 aliphatic heterocycles. The zero-order chi connectivity index (χ0) is 15.5. The van der Waals surface area contributed by atoms with Crippen LogP contribution in [-0.4, -0.2) is 30.5 Å². The van der Waals surface area contributed by atoms with E-state index in [0.29, 0.717) is 11.4 Å². The minimum absolute atomic E-state index is 0.0438. The zero-order valence-corrected chi connectivity index (χ0v) is 12.6. The number of anilines is 1. The van der Waals surface area contributed by atoms with Crippen LogP contribution in [0.15, 0.2) is 41.7 Å². The summed E-state index contributed by atoms with van der Waals surface area (Å²) in [6, 6.07) is 4.41. The number of hydrogen-bond donors (Lipinski definition) is 1. The van der Waals surface area contributed by atoms with Crippen molar-refractivity contribution < 1.29 is 13.2 Å². The lowest BCUT2D eigenvalue weighted by Gasteiger charge is -2.06. The number of nitrogens with zero attached hydrogens (tertiary/aromatic N) is 2. The molecule has 0 spiro atoms. The third kappa shape index (κ3) is 4.24. The standard InChI is InChI=1S/C13H12ClN3O3S/c1-21(19,20)11-3-2-9(6-10(11)14)7-13(18)17-12-8-15-4-5-16-12/h2-6,8H,7H2,1H3,(H,16,17,18). The summed E-state index contributed by atoms with van der Waals surface area (Å²) in [6.45, 7) is 0. The summed E-state index contributed by atoms with van der Waals surface area (Å²) in [5, 5.41) is 2.68. The number of rotatable bonds is 4. The first-order chi connectivity index (χ1) is 9.86. The minimum atomic E-state index is -3.38. The van der Waals surface area contributed by atoms with Gasteiger partial charge in [0.05, 0.1) is 22.5 Å². The van der Waals surface area contributed by atoms with Crippen molar-refractivity contribution in [3.63, 3.8) is 0 Å². The Hall–Kier alpha value is -1.99. The van der Waals surface area contributed by atoms with Crippen LogP contribution in [0.2, 0.25) is 5.02 Å². The molecule has 0 saturated carbocycles. The largest absolute Gasteiger partial charge is 0.309 e. The highest BCUT2D eigenvalue weighted by atomic mass is 35.5. The number of carbonyl (C=O) groups excluding carboxylic acids is 1. The molecule has 2 aromatic rings. The number of hydrogen-bond acceptors (Lipinski definition) is 5. The van der Waals surface area contributed by atoms with Crippen molar-refractivity contribution in [2.45, 2.75) is 11.3 Å². The molecule has 21 heavy (non-hydrogen) atoms. The van der Waals surface area contributed by atoms with Gasteiger partial charge in [0.25, 0.3) is 0 Å². The van der Waals surface area contributed by atoms with Gasteiger partial charge in [-0.05, 0) is 17.7 Å². The van der Waals surface area contributed by atoms with Gasteiger partial charge >= 0.3 is 0 Å². The van der Waals surface area contributed by atoms with E-state index in [-0.39, 0.29) is 22.2 Å². The molecule has 6 nitrogen and oxygen atoms in total. The Kier molecular flexibility index (Phi) is 4.54. The van der Waals surface area contributed by atoms with Crippen molar-refractivity contribution in [2.75, 3.05) is 11.6 Å². The van der Waals surface area contributed by atoms with Crippen LogP contribution in [0, 0.1) is 0 Å². The Balaban J connectivity index is 2.10. The molecule has 1 aromatic carbocycles. The fourth-order valence-electron chi connectivity index (χ4n) is 1.69. The molecule has 0 unspecified atom stereocenters. The van der Waals surface area contributed by atoms with Crippen molar-refractivity contribution in [3.8, 4) is 0 Å². The van der Waals surface area contributed by atoms with Crippen molar-refractivity contribution in [2.24, 2.45) is 0 Å². The molecular weight excluding hydrogens is 314 g/mol. The molecule has 0 aliphatic carbocycles. The first-order valence-corrected chi connectivity index (χ1v) is 8.17. The second-order valence-electron chi connectivity index (χ2n) is 4.35. The lowest BCUT2D eigenvalue weighted by atomic mass is 10.1. The molecule has 0 fully saturated rings. The van der Waals surface area contributed by atoms with Crippen LogP contribution in [0.5, 0.6) is 0 Å². The third-order valence-electron chi connectivity index (χ3n) is 2.59. The summed E-state index contributed by atoms with van der Waals surface area (Å²) >= 11 is 5.92. The maximum Gasteiger partial charge on any atom is 0.229 e. The fraction of sp³-hybridized carbons (Fsp3) is 0.154. The van der Waals surface area contributed by atoms with E-state index < -0.39 is 9.84 Å². The Morgan fingerprint density at radius 3 is 2.67 bits per heavy atom. The molecule has 110 valence electrons. The monoisotopic (exact) mass is 325 g/mol. The van der Waals surface area contributed by atoms with E-state index >= 15 is 0 Å². The van der Waals surface area contributed by atoms with Gasteiger partial charge in [-0.2, -0.15) is 0 Å². The van der Waals surface area contributed by atoms with Gasteiger partial charge in [-0.15, -0.1) is 0 Å². The number of sulfone groups is 1. The topological polar surface area (TPSA) is 89.0 Å². The second kappa shape index (κ2) is 6.19. The number of aromatic nitrogens is 2. The van der Waals surface area contributed by atoms with Crippen LogP contribution in [0.4, 0.5) is 5.82 Å². The minimum Gasteiger partial charge on any atom is -0.309 e. The van der Waals surface area contributed by atoms with Crippen LogP contribution in [0.3, 0.4) is 0 Å². The lowest BCUT2D eigenvalue weighted by Crippen LogP contribution is -2.15. The second-order valence-corrected chi connectivity index (χ2v) is 6.74. The van der Waals surface area contributed by atoms with Gasteiger partial charge < -0.3 is 5.32 Å². The van der Waals surface area contributed by atoms with Crippen LogP contribution < -0.4 is 5.32 Å². The van der Waals surface area contributed by atoms with E-state index in [0.717, 1.165) is 6.26 Å². The average molecular weight is 326 g/mol. The zero-order valence-electron chi connectivity index (χ0n) is 11.1. The molecule has 0 radical (unpaired) electrons.